The average Bonchev–Trinajstić information content (AvgIpc) is 2.13. The Hall–Kier alpha value is -1.23. The monoisotopic (exact) mass is 233 g/mol. The minimum Gasteiger partial charge on any atom is -0.496 e. The minimum atomic E-state index is -4.44. The van der Waals surface area contributed by atoms with E-state index in [1.807, 2.05) is 0 Å². The van der Waals surface area contributed by atoms with Crippen LogP contribution in [0.5, 0.6) is 5.75 Å². The first-order valence-corrected chi connectivity index (χ1v) is 4.71. The number of nitrogens with two attached hydrogens (primary N) is 1. The molecule has 0 fully saturated rings. The van der Waals surface area contributed by atoms with Gasteiger partial charge in [0.2, 0.25) is 0 Å². The molecule has 0 unspecified atom stereocenters. The predicted molar refractivity (Wildman–Crippen MR) is 55.2 cm³/mol. The van der Waals surface area contributed by atoms with E-state index in [0.29, 0.717) is 5.56 Å². The number of ether oxygens (including phenoxy) is 1. The molecular formula is C11H14F3NO. The summed E-state index contributed by atoms with van der Waals surface area (Å²) in [7, 11) is 1.21. The van der Waals surface area contributed by atoms with Crippen LogP contribution in [-0.2, 0) is 11.7 Å². The fourth-order valence-electron chi connectivity index (χ4n) is 1.49. The molecule has 0 aliphatic heterocycles. The zero-order valence-electron chi connectivity index (χ0n) is 9.35. The third kappa shape index (κ3) is 2.47. The molecule has 0 saturated carbocycles. The van der Waals surface area contributed by atoms with Crippen molar-refractivity contribution in [2.45, 2.75) is 25.6 Å². The second-order valence-electron chi connectivity index (χ2n) is 4.11. The molecule has 0 bridgehead atoms. The third-order valence-corrected chi connectivity index (χ3v) is 2.22. The van der Waals surface area contributed by atoms with Gasteiger partial charge in [-0.3, -0.25) is 0 Å². The number of alkyl halides is 3. The molecule has 0 aliphatic rings. The summed E-state index contributed by atoms with van der Waals surface area (Å²) in [4.78, 5) is 0. The fraction of sp³-hybridized carbons (Fsp3) is 0.455. The summed E-state index contributed by atoms with van der Waals surface area (Å²) in [6.45, 7) is 3.26. The van der Waals surface area contributed by atoms with Crippen molar-refractivity contribution in [1.82, 2.24) is 0 Å². The molecule has 1 aromatic rings. The summed E-state index contributed by atoms with van der Waals surface area (Å²) in [6.07, 6.45) is -4.44. The Kier molecular flexibility index (Phi) is 3.19. The number of benzene rings is 1. The first-order valence-electron chi connectivity index (χ1n) is 4.71. The van der Waals surface area contributed by atoms with Crippen molar-refractivity contribution < 1.29 is 17.9 Å². The second-order valence-corrected chi connectivity index (χ2v) is 4.11. The van der Waals surface area contributed by atoms with Crippen LogP contribution in [0, 0.1) is 0 Å². The molecule has 0 amide bonds. The Morgan fingerprint density at radius 2 is 1.62 bits per heavy atom. The van der Waals surface area contributed by atoms with Gasteiger partial charge in [0.1, 0.15) is 5.75 Å². The number of methoxy groups -OCH3 is 1. The number of para-hydroxylation sites is 1. The van der Waals surface area contributed by atoms with Gasteiger partial charge < -0.3 is 10.5 Å². The van der Waals surface area contributed by atoms with Gasteiger partial charge in [-0.1, -0.05) is 12.1 Å². The highest BCUT2D eigenvalue weighted by Gasteiger charge is 2.36. The van der Waals surface area contributed by atoms with Crippen LogP contribution >= 0.6 is 0 Å². The molecule has 0 radical (unpaired) electrons. The molecule has 0 spiro atoms. The first-order chi connectivity index (χ1) is 7.18. The van der Waals surface area contributed by atoms with Gasteiger partial charge in [-0.25, -0.2) is 0 Å². The molecule has 16 heavy (non-hydrogen) atoms. The van der Waals surface area contributed by atoms with Crippen LogP contribution in [0.15, 0.2) is 18.2 Å². The van der Waals surface area contributed by atoms with Crippen LogP contribution in [0.1, 0.15) is 25.0 Å². The van der Waals surface area contributed by atoms with Crippen LogP contribution in [0.3, 0.4) is 0 Å². The maximum atomic E-state index is 12.7. The molecule has 0 aliphatic carbocycles. The lowest BCUT2D eigenvalue weighted by Gasteiger charge is -2.24. The highest BCUT2D eigenvalue weighted by molar-refractivity contribution is 5.46. The molecule has 2 N–H and O–H groups in total. The van der Waals surface area contributed by atoms with E-state index >= 15 is 0 Å². The van der Waals surface area contributed by atoms with Crippen LogP contribution in [0.4, 0.5) is 13.2 Å². The quantitative estimate of drug-likeness (QED) is 0.852. The van der Waals surface area contributed by atoms with E-state index in [2.05, 4.69) is 0 Å². The topological polar surface area (TPSA) is 35.2 Å². The zero-order valence-corrected chi connectivity index (χ0v) is 9.35. The minimum absolute atomic E-state index is 0.206. The van der Waals surface area contributed by atoms with Gasteiger partial charge in [-0.2, -0.15) is 13.2 Å². The third-order valence-electron chi connectivity index (χ3n) is 2.22. The standard InChI is InChI=1S/C11H14F3NO/c1-10(2,15)7-5-4-6-8(9(7)16-3)11(12,13)14/h4-6H,15H2,1-3H3. The van der Waals surface area contributed by atoms with Gasteiger partial charge in [-0.05, 0) is 19.9 Å². The molecular weight excluding hydrogens is 219 g/mol. The zero-order chi connectivity index (χ0) is 12.6. The van der Waals surface area contributed by atoms with Crippen molar-refractivity contribution in [2.75, 3.05) is 7.11 Å². The van der Waals surface area contributed by atoms with Crippen molar-refractivity contribution in [3.8, 4) is 5.75 Å². The lowest BCUT2D eigenvalue weighted by molar-refractivity contribution is -0.138. The highest BCUT2D eigenvalue weighted by atomic mass is 19.4. The number of hydrogen-bond donors (Lipinski definition) is 1. The molecule has 1 rings (SSSR count). The largest absolute Gasteiger partial charge is 0.496 e. The molecule has 1 aromatic carbocycles. The predicted octanol–water partition coefficient (Wildman–Crippen LogP) is 2.91. The smallest absolute Gasteiger partial charge is 0.419 e. The maximum absolute atomic E-state index is 12.7. The van der Waals surface area contributed by atoms with E-state index in [9.17, 15) is 13.2 Å². The molecule has 0 aromatic heterocycles. The Morgan fingerprint density at radius 1 is 1.12 bits per heavy atom. The maximum Gasteiger partial charge on any atom is 0.419 e. The Bertz CT molecular complexity index is 348. The van der Waals surface area contributed by atoms with E-state index in [1.54, 1.807) is 13.8 Å². The van der Waals surface area contributed by atoms with Gasteiger partial charge >= 0.3 is 6.18 Å². The van der Waals surface area contributed by atoms with Crippen LogP contribution in [-0.4, -0.2) is 7.11 Å². The molecule has 5 heteroatoms. The van der Waals surface area contributed by atoms with Gasteiger partial charge in [0.05, 0.1) is 12.7 Å². The van der Waals surface area contributed by atoms with E-state index in [-0.39, 0.29) is 5.75 Å². The SMILES string of the molecule is COc1c(C(C)(C)N)cccc1C(F)(F)F. The number of rotatable bonds is 2. The lowest BCUT2D eigenvalue weighted by Crippen LogP contribution is -2.30. The van der Waals surface area contributed by atoms with E-state index in [4.69, 9.17) is 10.5 Å². The molecule has 90 valence electrons. The summed E-state index contributed by atoms with van der Waals surface area (Å²) >= 11 is 0. The lowest BCUT2D eigenvalue weighted by atomic mass is 9.92. The van der Waals surface area contributed by atoms with Crippen LogP contribution in [0.2, 0.25) is 0 Å². The number of halogens is 3. The normalized spacial score (nSPS) is 12.7. The average molecular weight is 233 g/mol. The van der Waals surface area contributed by atoms with Gasteiger partial charge in [0.25, 0.3) is 0 Å². The van der Waals surface area contributed by atoms with Gasteiger partial charge in [0.15, 0.2) is 0 Å². The van der Waals surface area contributed by atoms with Crippen LogP contribution in [0.25, 0.3) is 0 Å². The summed E-state index contributed by atoms with van der Waals surface area (Å²) in [5, 5.41) is 0. The van der Waals surface area contributed by atoms with Crippen molar-refractivity contribution in [2.24, 2.45) is 5.73 Å². The van der Waals surface area contributed by atoms with E-state index in [0.717, 1.165) is 6.07 Å². The van der Waals surface area contributed by atoms with E-state index in [1.165, 1.54) is 19.2 Å². The molecule has 0 heterocycles. The van der Waals surface area contributed by atoms with E-state index < -0.39 is 17.3 Å². The summed E-state index contributed by atoms with van der Waals surface area (Å²) in [5.41, 5.74) is 4.45. The van der Waals surface area contributed by atoms with Gasteiger partial charge in [-0.15, -0.1) is 0 Å². The summed E-state index contributed by atoms with van der Waals surface area (Å²) in [6, 6.07) is 3.84. The van der Waals surface area contributed by atoms with Crippen molar-refractivity contribution in [3.63, 3.8) is 0 Å². The Morgan fingerprint density at radius 3 is 2.00 bits per heavy atom. The summed E-state index contributed by atoms with van der Waals surface area (Å²) < 4.78 is 42.9. The molecule has 0 saturated heterocycles. The Labute approximate surface area is 92.2 Å². The second kappa shape index (κ2) is 3.97. The first kappa shape index (κ1) is 12.8. The van der Waals surface area contributed by atoms with Crippen molar-refractivity contribution in [3.05, 3.63) is 29.3 Å². The van der Waals surface area contributed by atoms with Gasteiger partial charge in [0, 0.05) is 11.1 Å². The van der Waals surface area contributed by atoms with Crippen molar-refractivity contribution >= 4 is 0 Å². The molecule has 0 atom stereocenters. The fourth-order valence-corrected chi connectivity index (χ4v) is 1.49. The Balaban J connectivity index is 3.45. The van der Waals surface area contributed by atoms with Crippen molar-refractivity contribution in [1.29, 1.82) is 0 Å². The number of hydrogen-bond acceptors (Lipinski definition) is 2. The molecule has 2 nitrogen and oxygen atoms in total. The highest BCUT2D eigenvalue weighted by Crippen LogP contribution is 2.40. The van der Waals surface area contributed by atoms with Crippen LogP contribution < -0.4 is 10.5 Å². The summed E-state index contributed by atoms with van der Waals surface area (Å²) in [5.74, 6) is -0.206.